The zero-order valence-corrected chi connectivity index (χ0v) is 14.9. The molecule has 0 unspecified atom stereocenters. The van der Waals surface area contributed by atoms with Crippen LogP contribution < -0.4 is 5.32 Å². The monoisotopic (exact) mass is 382 g/mol. The Morgan fingerprint density at radius 1 is 1.04 bits per heavy atom. The summed E-state index contributed by atoms with van der Waals surface area (Å²) in [6, 6.07) is 14.6. The Balaban J connectivity index is 1.91. The van der Waals surface area contributed by atoms with E-state index in [9.17, 15) is 13.6 Å². The summed E-state index contributed by atoms with van der Waals surface area (Å²) in [6.07, 6.45) is 0. The Morgan fingerprint density at radius 3 is 2.48 bits per heavy atom. The summed E-state index contributed by atoms with van der Waals surface area (Å²) in [6.45, 7) is 1.77. The van der Waals surface area contributed by atoms with Crippen LogP contribution in [0.1, 0.15) is 27.0 Å². The predicted molar refractivity (Wildman–Crippen MR) is 100 cm³/mol. The average molecular weight is 383 g/mol. The van der Waals surface area contributed by atoms with Crippen LogP contribution in [0.15, 0.2) is 54.6 Å². The molecule has 3 rings (SSSR count). The third-order valence-corrected chi connectivity index (χ3v) is 4.35. The number of anilines is 2. The first-order valence-electron chi connectivity index (χ1n) is 7.96. The van der Waals surface area contributed by atoms with Crippen molar-refractivity contribution in [2.75, 3.05) is 5.32 Å². The first-order chi connectivity index (χ1) is 12.9. The van der Waals surface area contributed by atoms with Gasteiger partial charge in [-0.15, -0.1) is 0 Å². The van der Waals surface area contributed by atoms with E-state index in [-0.39, 0.29) is 22.1 Å². The molecule has 0 spiro atoms. The molecule has 0 heterocycles. The summed E-state index contributed by atoms with van der Waals surface area (Å²) >= 11 is 6.25. The third kappa shape index (κ3) is 3.97. The smallest absolute Gasteiger partial charge is 0.194 e. The van der Waals surface area contributed by atoms with E-state index in [0.717, 1.165) is 17.7 Å². The molecule has 0 aliphatic rings. The molecule has 0 amide bonds. The highest BCUT2D eigenvalue weighted by Gasteiger charge is 2.16. The van der Waals surface area contributed by atoms with Gasteiger partial charge in [-0.3, -0.25) is 4.79 Å². The Morgan fingerprint density at radius 2 is 1.81 bits per heavy atom. The Kier molecular flexibility index (Phi) is 5.20. The predicted octanol–water partition coefficient (Wildman–Crippen LogP) is 5.77. The van der Waals surface area contributed by atoms with Crippen molar-refractivity contribution >= 4 is 28.8 Å². The number of nitrogens with zero attached hydrogens (tertiary/aromatic N) is 1. The molecule has 1 N–H and O–H groups in total. The first kappa shape index (κ1) is 18.6. The van der Waals surface area contributed by atoms with Crippen molar-refractivity contribution in [1.29, 1.82) is 5.26 Å². The maximum atomic E-state index is 13.8. The van der Waals surface area contributed by atoms with Crippen LogP contribution in [0.5, 0.6) is 0 Å². The van der Waals surface area contributed by atoms with Gasteiger partial charge >= 0.3 is 0 Å². The van der Waals surface area contributed by atoms with Gasteiger partial charge in [0.25, 0.3) is 0 Å². The molecule has 0 aliphatic heterocycles. The maximum Gasteiger partial charge on any atom is 0.194 e. The fraction of sp³-hybridized carbons (Fsp3) is 0.0476. The maximum absolute atomic E-state index is 13.8. The molecule has 0 aliphatic carbocycles. The van der Waals surface area contributed by atoms with Gasteiger partial charge in [0.05, 0.1) is 22.3 Å². The molecule has 134 valence electrons. The van der Waals surface area contributed by atoms with Gasteiger partial charge in [0.1, 0.15) is 11.6 Å². The van der Waals surface area contributed by atoms with Crippen molar-refractivity contribution in [1.82, 2.24) is 0 Å². The van der Waals surface area contributed by atoms with Crippen LogP contribution in [0.4, 0.5) is 20.2 Å². The molecular weight excluding hydrogens is 370 g/mol. The summed E-state index contributed by atoms with van der Waals surface area (Å²) < 4.78 is 26.8. The molecule has 0 bridgehead atoms. The Labute approximate surface area is 159 Å². The van der Waals surface area contributed by atoms with Crippen LogP contribution in [0.25, 0.3) is 0 Å². The average Bonchev–Trinajstić information content (AvgIpc) is 2.64. The molecule has 0 atom stereocenters. The van der Waals surface area contributed by atoms with Crippen LogP contribution in [-0.4, -0.2) is 5.78 Å². The van der Waals surface area contributed by atoms with Gasteiger partial charge in [-0.2, -0.15) is 5.26 Å². The molecule has 3 aromatic carbocycles. The molecule has 27 heavy (non-hydrogen) atoms. The lowest BCUT2D eigenvalue weighted by molar-refractivity contribution is 0.103. The minimum atomic E-state index is -0.741. The fourth-order valence-electron chi connectivity index (χ4n) is 2.60. The second-order valence-corrected chi connectivity index (χ2v) is 6.32. The zero-order valence-electron chi connectivity index (χ0n) is 14.2. The molecule has 0 saturated heterocycles. The van der Waals surface area contributed by atoms with Crippen LogP contribution in [0.3, 0.4) is 0 Å². The highest BCUT2D eigenvalue weighted by molar-refractivity contribution is 6.35. The summed E-state index contributed by atoms with van der Waals surface area (Å²) in [7, 11) is 0. The number of nitriles is 1. The molecule has 3 aromatic rings. The highest BCUT2D eigenvalue weighted by atomic mass is 35.5. The fourth-order valence-corrected chi connectivity index (χ4v) is 2.87. The van der Waals surface area contributed by atoms with Gasteiger partial charge < -0.3 is 5.32 Å². The van der Waals surface area contributed by atoms with Gasteiger partial charge in [-0.1, -0.05) is 17.7 Å². The molecule has 6 heteroatoms. The number of halogens is 3. The van der Waals surface area contributed by atoms with Gasteiger partial charge in [0, 0.05) is 22.9 Å². The van der Waals surface area contributed by atoms with E-state index in [2.05, 4.69) is 5.32 Å². The van der Waals surface area contributed by atoms with Crippen molar-refractivity contribution in [2.45, 2.75) is 6.92 Å². The molecule has 0 radical (unpaired) electrons. The Bertz CT molecular complexity index is 1090. The number of hydrogen-bond donors (Lipinski definition) is 1. The molecule has 3 nitrogen and oxygen atoms in total. The van der Waals surface area contributed by atoms with E-state index in [4.69, 9.17) is 16.9 Å². The van der Waals surface area contributed by atoms with Gasteiger partial charge in [-0.25, -0.2) is 8.78 Å². The summed E-state index contributed by atoms with van der Waals surface area (Å²) in [5.74, 6) is -1.73. The number of ketones is 1. The SMILES string of the molecule is Cc1ccc(C#N)cc1C(=O)c1ccc(Nc2ccc(F)cc2F)cc1Cl. The quantitative estimate of drug-likeness (QED) is 0.582. The van der Waals surface area contributed by atoms with Crippen LogP contribution in [-0.2, 0) is 0 Å². The molecule has 0 fully saturated rings. The third-order valence-electron chi connectivity index (χ3n) is 4.04. The number of carbonyl (C=O) groups excluding carboxylic acids is 1. The van der Waals surface area contributed by atoms with Crippen molar-refractivity contribution in [3.05, 3.63) is 93.5 Å². The standard InChI is InChI=1S/C21H13ClF2N2O/c1-12-2-3-13(11-25)8-17(12)21(27)16-6-5-15(10-18(16)22)26-20-7-4-14(23)9-19(20)24/h2-10,26H,1H3. The van der Waals surface area contributed by atoms with E-state index >= 15 is 0 Å². The number of rotatable bonds is 4. The topological polar surface area (TPSA) is 52.9 Å². The minimum Gasteiger partial charge on any atom is -0.353 e. The van der Waals surface area contributed by atoms with E-state index in [1.54, 1.807) is 25.1 Å². The molecule has 0 saturated carbocycles. The number of benzene rings is 3. The normalized spacial score (nSPS) is 10.3. The lowest BCUT2D eigenvalue weighted by Crippen LogP contribution is -2.05. The minimum absolute atomic E-state index is 0.0871. The number of carbonyl (C=O) groups is 1. The largest absolute Gasteiger partial charge is 0.353 e. The highest BCUT2D eigenvalue weighted by Crippen LogP contribution is 2.28. The number of aryl methyl sites for hydroxylation is 1. The first-order valence-corrected chi connectivity index (χ1v) is 8.34. The van der Waals surface area contributed by atoms with Gasteiger partial charge in [0.2, 0.25) is 0 Å². The van der Waals surface area contributed by atoms with Gasteiger partial charge in [-0.05, 0) is 55.0 Å². The second-order valence-electron chi connectivity index (χ2n) is 5.91. The van der Waals surface area contributed by atoms with Crippen molar-refractivity contribution in [3.63, 3.8) is 0 Å². The van der Waals surface area contributed by atoms with E-state index < -0.39 is 11.6 Å². The zero-order chi connectivity index (χ0) is 19.6. The van der Waals surface area contributed by atoms with Crippen LogP contribution in [0.2, 0.25) is 5.02 Å². The summed E-state index contributed by atoms with van der Waals surface area (Å²) in [5.41, 5.74) is 2.30. The number of nitrogens with one attached hydrogen (secondary N) is 1. The van der Waals surface area contributed by atoms with Crippen molar-refractivity contribution in [3.8, 4) is 6.07 Å². The lowest BCUT2D eigenvalue weighted by atomic mass is 9.97. The summed E-state index contributed by atoms with van der Waals surface area (Å²) in [4.78, 5) is 12.8. The van der Waals surface area contributed by atoms with Gasteiger partial charge in [0.15, 0.2) is 5.78 Å². The Hall–Kier alpha value is -3.23. The van der Waals surface area contributed by atoms with Crippen LogP contribution >= 0.6 is 11.6 Å². The molecule has 0 aromatic heterocycles. The number of hydrogen-bond acceptors (Lipinski definition) is 3. The summed E-state index contributed by atoms with van der Waals surface area (Å²) in [5, 5.41) is 12.0. The molecular formula is C21H13ClF2N2O. The van der Waals surface area contributed by atoms with Crippen molar-refractivity contribution < 1.29 is 13.6 Å². The van der Waals surface area contributed by atoms with E-state index in [1.165, 1.54) is 24.3 Å². The van der Waals surface area contributed by atoms with Crippen LogP contribution in [0, 0.1) is 29.9 Å². The lowest BCUT2D eigenvalue weighted by Gasteiger charge is -2.11. The second kappa shape index (κ2) is 7.56. The van der Waals surface area contributed by atoms with E-state index in [1.807, 2.05) is 6.07 Å². The van der Waals surface area contributed by atoms with Crippen molar-refractivity contribution in [2.24, 2.45) is 0 Å². The van der Waals surface area contributed by atoms with E-state index in [0.29, 0.717) is 16.8 Å².